The summed E-state index contributed by atoms with van der Waals surface area (Å²) in [6.07, 6.45) is 0.920. The lowest BCUT2D eigenvalue weighted by Gasteiger charge is -2.32. The smallest absolute Gasteiger partial charge is 0.262 e. The Morgan fingerprint density at radius 1 is 1.03 bits per heavy atom. The number of hydrogen-bond donors (Lipinski definition) is 2. The zero-order valence-electron chi connectivity index (χ0n) is 20.0. The van der Waals surface area contributed by atoms with E-state index in [0.29, 0.717) is 34.5 Å². The van der Waals surface area contributed by atoms with Gasteiger partial charge in [-0.1, -0.05) is 49.7 Å². The van der Waals surface area contributed by atoms with Gasteiger partial charge in [0.25, 0.3) is 11.8 Å². The quantitative estimate of drug-likeness (QED) is 0.448. The van der Waals surface area contributed by atoms with Gasteiger partial charge in [0.2, 0.25) is 0 Å². The van der Waals surface area contributed by atoms with Gasteiger partial charge in [0.05, 0.1) is 5.56 Å². The van der Waals surface area contributed by atoms with Gasteiger partial charge in [0.15, 0.2) is 6.61 Å². The van der Waals surface area contributed by atoms with E-state index in [0.717, 1.165) is 25.2 Å². The molecule has 1 aliphatic rings. The van der Waals surface area contributed by atoms with Crippen molar-refractivity contribution in [3.05, 3.63) is 88.4 Å². The zero-order chi connectivity index (χ0) is 24.8. The number of anilines is 2. The van der Waals surface area contributed by atoms with E-state index in [1.807, 2.05) is 18.2 Å². The van der Waals surface area contributed by atoms with Gasteiger partial charge >= 0.3 is 0 Å². The summed E-state index contributed by atoms with van der Waals surface area (Å²) in [6, 6.07) is 20.7. The first-order valence-electron chi connectivity index (χ1n) is 11.8. The average molecular weight is 492 g/mol. The Morgan fingerprint density at radius 3 is 2.51 bits per heavy atom. The van der Waals surface area contributed by atoms with Gasteiger partial charge in [0.1, 0.15) is 5.75 Å². The molecule has 3 aromatic rings. The number of halogens is 1. The molecule has 0 fully saturated rings. The molecular formula is C28H30ClN3O3. The first-order valence-corrected chi connectivity index (χ1v) is 12.2. The first kappa shape index (κ1) is 24.6. The van der Waals surface area contributed by atoms with E-state index in [1.165, 1.54) is 11.1 Å². The van der Waals surface area contributed by atoms with E-state index >= 15 is 0 Å². The van der Waals surface area contributed by atoms with Crippen LogP contribution in [0, 0.1) is 5.92 Å². The fraction of sp³-hybridized carbons (Fsp3) is 0.286. The number of carbonyl (C=O) groups is 2. The molecule has 35 heavy (non-hydrogen) atoms. The highest BCUT2D eigenvalue weighted by atomic mass is 35.5. The summed E-state index contributed by atoms with van der Waals surface area (Å²) in [6.45, 7) is 6.09. The molecule has 0 aliphatic carbocycles. The molecule has 4 rings (SSSR count). The van der Waals surface area contributed by atoms with Gasteiger partial charge in [-0.05, 0) is 65.9 Å². The third kappa shape index (κ3) is 6.55. The second-order valence-corrected chi connectivity index (χ2v) is 9.50. The number of rotatable bonds is 8. The minimum absolute atomic E-state index is 0.152. The maximum Gasteiger partial charge on any atom is 0.262 e. The van der Waals surface area contributed by atoms with Crippen LogP contribution in [0.2, 0.25) is 5.02 Å². The van der Waals surface area contributed by atoms with Gasteiger partial charge in [-0.25, -0.2) is 0 Å². The van der Waals surface area contributed by atoms with Crippen LogP contribution in [0.3, 0.4) is 0 Å². The van der Waals surface area contributed by atoms with E-state index in [1.54, 1.807) is 30.3 Å². The van der Waals surface area contributed by atoms with Crippen LogP contribution in [0.5, 0.6) is 5.75 Å². The normalized spacial score (nSPS) is 12.7. The average Bonchev–Trinajstić information content (AvgIpc) is 2.86. The Labute approximate surface area is 211 Å². The van der Waals surface area contributed by atoms with E-state index in [-0.39, 0.29) is 18.4 Å². The Balaban J connectivity index is 1.50. The SMILES string of the molecule is CC(C)CNC(=O)c1cc(NC(=O)COc2ccc(Cl)cc2)ccc1N1CCc2ccccc2C1. The molecule has 0 saturated carbocycles. The minimum Gasteiger partial charge on any atom is -0.484 e. The molecule has 2 amide bonds. The molecule has 0 aromatic heterocycles. The van der Waals surface area contributed by atoms with Gasteiger partial charge in [0, 0.05) is 36.0 Å². The Kier molecular flexibility index (Phi) is 7.93. The van der Waals surface area contributed by atoms with Crippen molar-refractivity contribution in [2.24, 2.45) is 5.92 Å². The Bertz CT molecular complexity index is 1190. The van der Waals surface area contributed by atoms with Crippen LogP contribution < -0.4 is 20.3 Å². The Hall–Kier alpha value is -3.51. The van der Waals surface area contributed by atoms with Crippen molar-refractivity contribution in [1.29, 1.82) is 0 Å². The monoisotopic (exact) mass is 491 g/mol. The van der Waals surface area contributed by atoms with Crippen LogP contribution in [0.15, 0.2) is 66.7 Å². The number of hydrogen-bond acceptors (Lipinski definition) is 4. The minimum atomic E-state index is -0.312. The standard InChI is InChI=1S/C28H30ClN3O3/c1-19(2)16-30-28(34)25-15-23(31-27(33)18-35-24-10-7-22(29)8-11-24)9-12-26(25)32-14-13-20-5-3-4-6-21(20)17-32/h3-12,15,19H,13-14,16-18H2,1-2H3,(H,30,34)(H,31,33). The number of fused-ring (bicyclic) bond motifs is 1. The van der Waals surface area contributed by atoms with E-state index in [2.05, 4.69) is 47.6 Å². The third-order valence-electron chi connectivity index (χ3n) is 5.85. The molecule has 0 spiro atoms. The largest absolute Gasteiger partial charge is 0.484 e. The molecule has 2 N–H and O–H groups in total. The number of nitrogens with zero attached hydrogens (tertiary/aromatic N) is 1. The van der Waals surface area contributed by atoms with Crippen LogP contribution in [-0.4, -0.2) is 31.5 Å². The fourth-order valence-corrected chi connectivity index (χ4v) is 4.17. The van der Waals surface area contributed by atoms with Crippen molar-refractivity contribution in [1.82, 2.24) is 5.32 Å². The van der Waals surface area contributed by atoms with Crippen molar-refractivity contribution < 1.29 is 14.3 Å². The lowest BCUT2D eigenvalue weighted by Crippen LogP contribution is -2.34. The highest BCUT2D eigenvalue weighted by Gasteiger charge is 2.22. The molecule has 0 atom stereocenters. The predicted molar refractivity (Wildman–Crippen MR) is 140 cm³/mol. The summed E-state index contributed by atoms with van der Waals surface area (Å²) >= 11 is 5.88. The summed E-state index contributed by atoms with van der Waals surface area (Å²) in [5.74, 6) is 0.422. The molecule has 0 unspecified atom stereocenters. The van der Waals surface area contributed by atoms with Crippen LogP contribution in [0.1, 0.15) is 35.3 Å². The number of carbonyl (C=O) groups excluding carboxylic acids is 2. The van der Waals surface area contributed by atoms with Gasteiger partial charge in [-0.2, -0.15) is 0 Å². The van der Waals surface area contributed by atoms with Crippen LogP contribution in [-0.2, 0) is 17.8 Å². The lowest BCUT2D eigenvalue weighted by atomic mass is 9.98. The predicted octanol–water partition coefficient (Wildman–Crippen LogP) is 5.31. The first-order chi connectivity index (χ1) is 16.9. The third-order valence-corrected chi connectivity index (χ3v) is 6.10. The molecule has 1 aliphatic heterocycles. The highest BCUT2D eigenvalue weighted by molar-refractivity contribution is 6.30. The van der Waals surface area contributed by atoms with Crippen molar-refractivity contribution in [2.75, 3.05) is 29.9 Å². The van der Waals surface area contributed by atoms with Crippen molar-refractivity contribution in [2.45, 2.75) is 26.8 Å². The van der Waals surface area contributed by atoms with Crippen molar-refractivity contribution >= 4 is 34.8 Å². The van der Waals surface area contributed by atoms with E-state index in [4.69, 9.17) is 16.3 Å². The second kappa shape index (κ2) is 11.3. The summed E-state index contributed by atoms with van der Waals surface area (Å²) in [7, 11) is 0. The molecule has 0 radical (unpaired) electrons. The summed E-state index contributed by atoms with van der Waals surface area (Å²) in [5.41, 5.74) is 4.56. The van der Waals surface area contributed by atoms with E-state index < -0.39 is 0 Å². The number of benzene rings is 3. The second-order valence-electron chi connectivity index (χ2n) is 9.07. The highest BCUT2D eigenvalue weighted by Crippen LogP contribution is 2.29. The molecule has 0 saturated heterocycles. The van der Waals surface area contributed by atoms with Crippen LogP contribution in [0.25, 0.3) is 0 Å². The molecular weight excluding hydrogens is 462 g/mol. The van der Waals surface area contributed by atoms with Crippen molar-refractivity contribution in [3.8, 4) is 5.75 Å². The topological polar surface area (TPSA) is 70.7 Å². The number of nitrogens with one attached hydrogen (secondary N) is 2. The fourth-order valence-electron chi connectivity index (χ4n) is 4.04. The van der Waals surface area contributed by atoms with Gasteiger partial charge in [-0.15, -0.1) is 0 Å². The van der Waals surface area contributed by atoms with Gasteiger partial charge < -0.3 is 20.3 Å². The summed E-state index contributed by atoms with van der Waals surface area (Å²) in [5, 5.41) is 6.46. The molecule has 7 heteroatoms. The van der Waals surface area contributed by atoms with Crippen molar-refractivity contribution in [3.63, 3.8) is 0 Å². The zero-order valence-corrected chi connectivity index (χ0v) is 20.8. The van der Waals surface area contributed by atoms with Crippen LogP contribution in [0.4, 0.5) is 11.4 Å². The molecule has 1 heterocycles. The molecule has 3 aromatic carbocycles. The molecule has 6 nitrogen and oxygen atoms in total. The number of amides is 2. The summed E-state index contributed by atoms with van der Waals surface area (Å²) < 4.78 is 5.53. The summed E-state index contributed by atoms with van der Waals surface area (Å²) in [4.78, 5) is 27.9. The molecule has 0 bridgehead atoms. The Morgan fingerprint density at radius 2 is 1.77 bits per heavy atom. The van der Waals surface area contributed by atoms with Crippen LogP contribution >= 0.6 is 11.6 Å². The number of ether oxygens (including phenoxy) is 1. The van der Waals surface area contributed by atoms with E-state index in [9.17, 15) is 9.59 Å². The maximum absolute atomic E-state index is 13.1. The molecule has 182 valence electrons. The lowest BCUT2D eigenvalue weighted by molar-refractivity contribution is -0.118. The maximum atomic E-state index is 13.1. The van der Waals surface area contributed by atoms with Gasteiger partial charge in [-0.3, -0.25) is 9.59 Å².